The van der Waals surface area contributed by atoms with Gasteiger partial charge in [-0.3, -0.25) is 4.79 Å². The number of aliphatic hydroxyl groups excluding tert-OH is 1. The highest BCUT2D eigenvalue weighted by molar-refractivity contribution is 7.99. The standard InChI is InChI=1S/C24H34N2O7S/c1-5-26(6-2)10-9-20-15(3)19-8-7-18(11-22(19)33-24(20)31)32-12-17(28)13-34-14-21(23(29)30)25-16(4)27/h7-8,11,17,21,28H,5-6,9-10,12-14H2,1-4H3,(H,25,27)(H,29,30). The van der Waals surface area contributed by atoms with Crippen LogP contribution in [0.15, 0.2) is 27.4 Å². The number of amides is 1. The lowest BCUT2D eigenvalue weighted by Crippen LogP contribution is -2.41. The normalized spacial score (nSPS) is 13.1. The number of aliphatic carboxylic acids is 1. The number of fused-ring (bicyclic) bond motifs is 1. The van der Waals surface area contributed by atoms with Gasteiger partial charge in [-0.05, 0) is 44.1 Å². The molecule has 0 radical (unpaired) electrons. The predicted molar refractivity (Wildman–Crippen MR) is 133 cm³/mol. The Morgan fingerprint density at radius 3 is 2.56 bits per heavy atom. The van der Waals surface area contributed by atoms with Crippen LogP contribution in [0.5, 0.6) is 5.75 Å². The van der Waals surface area contributed by atoms with Crippen LogP contribution >= 0.6 is 11.8 Å². The third kappa shape index (κ3) is 8.03. The van der Waals surface area contributed by atoms with Crippen LogP contribution in [0.2, 0.25) is 0 Å². The van der Waals surface area contributed by atoms with Gasteiger partial charge in [0.25, 0.3) is 0 Å². The highest BCUT2D eigenvalue weighted by Gasteiger charge is 2.19. The second kappa shape index (κ2) is 13.4. The maximum Gasteiger partial charge on any atom is 0.339 e. The van der Waals surface area contributed by atoms with Crippen molar-refractivity contribution in [2.75, 3.05) is 37.7 Å². The number of benzene rings is 1. The second-order valence-corrected chi connectivity index (χ2v) is 9.10. The van der Waals surface area contributed by atoms with Crippen molar-refractivity contribution in [3.63, 3.8) is 0 Å². The summed E-state index contributed by atoms with van der Waals surface area (Å²) in [5.74, 6) is -0.732. The van der Waals surface area contributed by atoms with Crippen molar-refractivity contribution >= 4 is 34.6 Å². The van der Waals surface area contributed by atoms with Crippen LogP contribution in [0.3, 0.4) is 0 Å². The van der Waals surface area contributed by atoms with Crippen LogP contribution in [-0.4, -0.2) is 76.9 Å². The second-order valence-electron chi connectivity index (χ2n) is 8.02. The molecule has 10 heteroatoms. The lowest BCUT2D eigenvalue weighted by molar-refractivity contribution is -0.140. The summed E-state index contributed by atoms with van der Waals surface area (Å²) < 4.78 is 11.2. The van der Waals surface area contributed by atoms with Gasteiger partial charge in [0.15, 0.2) is 0 Å². The number of carbonyl (C=O) groups is 2. The van der Waals surface area contributed by atoms with Crippen LogP contribution in [-0.2, 0) is 16.0 Å². The number of hydrogen-bond acceptors (Lipinski definition) is 8. The van der Waals surface area contributed by atoms with Gasteiger partial charge in [-0.15, -0.1) is 0 Å². The van der Waals surface area contributed by atoms with E-state index in [-0.39, 0.29) is 23.7 Å². The van der Waals surface area contributed by atoms with Crippen LogP contribution in [0, 0.1) is 6.92 Å². The largest absolute Gasteiger partial charge is 0.491 e. The number of ether oxygens (including phenoxy) is 1. The Bertz CT molecular complexity index is 1040. The Labute approximate surface area is 203 Å². The van der Waals surface area contributed by atoms with E-state index in [1.807, 2.05) is 13.0 Å². The average Bonchev–Trinajstić information content (AvgIpc) is 2.78. The van der Waals surface area contributed by atoms with Crippen molar-refractivity contribution in [3.8, 4) is 5.75 Å². The van der Waals surface area contributed by atoms with E-state index in [1.54, 1.807) is 12.1 Å². The fourth-order valence-electron chi connectivity index (χ4n) is 3.55. The molecule has 1 heterocycles. The quantitative estimate of drug-likeness (QED) is 0.338. The highest BCUT2D eigenvalue weighted by atomic mass is 32.2. The Hall–Kier alpha value is -2.56. The van der Waals surface area contributed by atoms with E-state index in [4.69, 9.17) is 14.3 Å². The number of likely N-dealkylation sites (N-methyl/N-ethyl adjacent to an activating group) is 1. The van der Waals surface area contributed by atoms with Crippen LogP contribution in [0.25, 0.3) is 11.0 Å². The van der Waals surface area contributed by atoms with E-state index in [2.05, 4.69) is 24.1 Å². The molecule has 0 aliphatic heterocycles. The molecule has 0 aliphatic rings. The first kappa shape index (κ1) is 27.7. The topological polar surface area (TPSA) is 129 Å². The summed E-state index contributed by atoms with van der Waals surface area (Å²) in [6.07, 6.45) is -0.220. The van der Waals surface area contributed by atoms with Gasteiger partial charge >= 0.3 is 11.6 Å². The number of aliphatic hydroxyl groups is 1. The third-order valence-electron chi connectivity index (χ3n) is 5.54. The maximum absolute atomic E-state index is 12.6. The molecule has 1 aromatic carbocycles. The zero-order valence-electron chi connectivity index (χ0n) is 20.1. The molecule has 0 aliphatic carbocycles. The molecule has 0 fully saturated rings. The van der Waals surface area contributed by atoms with Gasteiger partial charge in [0, 0.05) is 42.0 Å². The Balaban J connectivity index is 1.96. The van der Waals surface area contributed by atoms with Gasteiger partial charge in [0.1, 0.15) is 24.0 Å². The minimum absolute atomic E-state index is 0.0124. The molecule has 0 saturated carbocycles. The number of carboxylic acid groups (broad SMARTS) is 1. The SMILES string of the molecule is CCN(CC)CCc1c(C)c2ccc(OCC(O)CSCC(NC(C)=O)C(=O)O)cc2oc1=O. The molecule has 0 saturated heterocycles. The number of aryl methyl sites for hydroxylation is 1. The number of rotatable bonds is 14. The molecule has 1 amide bonds. The fraction of sp³-hybridized carbons (Fsp3) is 0.542. The first-order valence-electron chi connectivity index (χ1n) is 11.3. The fourth-order valence-corrected chi connectivity index (χ4v) is 4.51. The van der Waals surface area contributed by atoms with E-state index in [0.29, 0.717) is 23.3 Å². The number of carbonyl (C=O) groups excluding carboxylic acids is 1. The summed E-state index contributed by atoms with van der Waals surface area (Å²) in [5.41, 5.74) is 1.65. The van der Waals surface area contributed by atoms with Crippen LogP contribution in [0.4, 0.5) is 0 Å². The van der Waals surface area contributed by atoms with E-state index in [1.165, 1.54) is 18.7 Å². The van der Waals surface area contributed by atoms with Crippen molar-refractivity contribution in [2.24, 2.45) is 0 Å². The molecular formula is C24H34N2O7S. The van der Waals surface area contributed by atoms with Crippen LogP contribution in [0.1, 0.15) is 31.9 Å². The first-order chi connectivity index (χ1) is 16.2. The molecule has 188 valence electrons. The van der Waals surface area contributed by atoms with Gasteiger partial charge in [0.05, 0.1) is 6.10 Å². The maximum atomic E-state index is 12.6. The molecule has 3 N–H and O–H groups in total. The van der Waals surface area contributed by atoms with E-state index >= 15 is 0 Å². The van der Waals surface area contributed by atoms with Crippen molar-refractivity contribution in [3.05, 3.63) is 39.7 Å². The van der Waals surface area contributed by atoms with E-state index < -0.39 is 24.0 Å². The third-order valence-corrected chi connectivity index (χ3v) is 6.73. The first-order valence-corrected chi connectivity index (χ1v) is 12.5. The van der Waals surface area contributed by atoms with Gasteiger partial charge in [-0.25, -0.2) is 9.59 Å². The average molecular weight is 495 g/mol. The minimum Gasteiger partial charge on any atom is -0.491 e. The molecule has 0 bridgehead atoms. The zero-order valence-corrected chi connectivity index (χ0v) is 20.9. The highest BCUT2D eigenvalue weighted by Crippen LogP contribution is 2.24. The molecule has 34 heavy (non-hydrogen) atoms. The minimum atomic E-state index is -1.13. The van der Waals surface area contributed by atoms with Gasteiger partial charge in [-0.2, -0.15) is 11.8 Å². The summed E-state index contributed by atoms with van der Waals surface area (Å²) in [5, 5.41) is 22.5. The van der Waals surface area contributed by atoms with Crippen molar-refractivity contribution in [1.29, 1.82) is 0 Å². The molecule has 2 unspecified atom stereocenters. The lowest BCUT2D eigenvalue weighted by Gasteiger charge is -2.18. The van der Waals surface area contributed by atoms with Crippen LogP contribution < -0.4 is 15.7 Å². The summed E-state index contributed by atoms with van der Waals surface area (Å²) in [6, 6.07) is 4.23. The molecule has 2 atom stereocenters. The van der Waals surface area contributed by atoms with Gasteiger partial charge in [0.2, 0.25) is 5.91 Å². The summed E-state index contributed by atoms with van der Waals surface area (Å²) >= 11 is 1.20. The zero-order chi connectivity index (χ0) is 25.3. The van der Waals surface area contributed by atoms with Gasteiger partial charge < -0.3 is 29.6 Å². The van der Waals surface area contributed by atoms with Crippen molar-refractivity contribution in [1.82, 2.24) is 10.2 Å². The summed E-state index contributed by atoms with van der Waals surface area (Å²) in [4.78, 5) is 37.0. The number of nitrogens with zero attached hydrogens (tertiary/aromatic N) is 1. The Morgan fingerprint density at radius 2 is 1.94 bits per heavy atom. The number of thioether (sulfide) groups is 1. The van der Waals surface area contributed by atoms with Gasteiger partial charge in [-0.1, -0.05) is 13.8 Å². The predicted octanol–water partition coefficient (Wildman–Crippen LogP) is 2.05. The van der Waals surface area contributed by atoms with Crippen molar-refractivity contribution < 1.29 is 29.0 Å². The van der Waals surface area contributed by atoms with E-state index in [9.17, 15) is 19.5 Å². The number of nitrogens with one attached hydrogen (secondary N) is 1. The number of carboxylic acids is 1. The molecular weight excluding hydrogens is 460 g/mol. The Kier molecular flexibility index (Phi) is 10.9. The molecule has 2 aromatic rings. The molecule has 1 aromatic heterocycles. The number of hydrogen-bond donors (Lipinski definition) is 3. The van der Waals surface area contributed by atoms with E-state index in [0.717, 1.165) is 30.6 Å². The molecule has 2 rings (SSSR count). The summed E-state index contributed by atoms with van der Waals surface area (Å²) in [6.45, 7) is 9.99. The van der Waals surface area contributed by atoms with Crippen molar-refractivity contribution in [2.45, 2.75) is 46.3 Å². The Morgan fingerprint density at radius 1 is 1.24 bits per heavy atom. The molecule has 0 spiro atoms. The lowest BCUT2D eigenvalue weighted by atomic mass is 10.0. The molecule has 9 nitrogen and oxygen atoms in total. The summed E-state index contributed by atoms with van der Waals surface area (Å²) in [7, 11) is 0. The smallest absolute Gasteiger partial charge is 0.339 e. The monoisotopic (exact) mass is 494 g/mol.